The second kappa shape index (κ2) is 9.82. The van der Waals surface area contributed by atoms with E-state index < -0.39 is 0 Å². The van der Waals surface area contributed by atoms with Gasteiger partial charge in [-0.05, 0) is 18.2 Å². The number of rotatable bonds is 7. The number of carbonyl (C=O) groups excluding carboxylic acids is 1. The Kier molecular flexibility index (Phi) is 6.88. The molecule has 1 amide bonds. The molecule has 33 heavy (non-hydrogen) atoms. The Labute approximate surface area is 200 Å². The smallest absolute Gasteiger partial charge is 0.243 e. The molecule has 2 aromatic heterocycles. The zero-order valence-electron chi connectivity index (χ0n) is 18.0. The highest BCUT2D eigenvalue weighted by molar-refractivity contribution is 6.41. The van der Waals surface area contributed by atoms with Gasteiger partial charge >= 0.3 is 0 Å². The van der Waals surface area contributed by atoms with Crippen molar-refractivity contribution >= 4 is 45.7 Å². The molecular formula is C23H22Cl2N4O4. The Morgan fingerprint density at radius 1 is 1.06 bits per heavy atom. The van der Waals surface area contributed by atoms with Gasteiger partial charge in [-0.15, -0.1) is 0 Å². The summed E-state index contributed by atoms with van der Waals surface area (Å²) in [5.74, 6) is 1.27. The average Bonchev–Trinajstić information content (AvgIpc) is 3.25. The molecule has 2 N–H and O–H groups in total. The highest BCUT2D eigenvalue weighted by Gasteiger charge is 2.29. The average molecular weight is 489 g/mol. The number of aromatic nitrogens is 2. The van der Waals surface area contributed by atoms with Crippen molar-refractivity contribution in [2.45, 2.75) is 12.1 Å². The molecule has 0 aliphatic carbocycles. The molecule has 1 saturated heterocycles. The van der Waals surface area contributed by atoms with Crippen molar-refractivity contribution in [1.29, 1.82) is 0 Å². The molecule has 1 aromatic carbocycles. The van der Waals surface area contributed by atoms with Crippen molar-refractivity contribution in [3.05, 3.63) is 53.3 Å². The van der Waals surface area contributed by atoms with Crippen LogP contribution in [0.3, 0.4) is 0 Å². The van der Waals surface area contributed by atoms with E-state index in [-0.39, 0.29) is 18.0 Å². The SMILES string of the molecule is C=CC(=O)N[C@H]1COC[C@H]1Nc1cc2cnc(-c3c(Cl)c(OC)cc(OC)c3Cl)cc2cn1. The first-order chi connectivity index (χ1) is 15.9. The second-order valence-corrected chi connectivity index (χ2v) is 8.13. The van der Waals surface area contributed by atoms with Crippen LogP contribution < -0.4 is 20.1 Å². The molecule has 0 spiro atoms. The van der Waals surface area contributed by atoms with E-state index in [9.17, 15) is 4.79 Å². The van der Waals surface area contributed by atoms with Crippen LogP contribution in [0.25, 0.3) is 22.0 Å². The molecule has 10 heteroatoms. The topological polar surface area (TPSA) is 94.6 Å². The summed E-state index contributed by atoms with van der Waals surface area (Å²) in [4.78, 5) is 20.7. The number of hydrogen-bond acceptors (Lipinski definition) is 7. The van der Waals surface area contributed by atoms with Crippen molar-refractivity contribution in [1.82, 2.24) is 15.3 Å². The minimum atomic E-state index is -0.244. The monoisotopic (exact) mass is 488 g/mol. The van der Waals surface area contributed by atoms with Crippen LogP contribution in [0.4, 0.5) is 5.82 Å². The number of anilines is 1. The Bertz CT molecular complexity index is 1190. The number of methoxy groups -OCH3 is 2. The summed E-state index contributed by atoms with van der Waals surface area (Å²) in [6.07, 6.45) is 4.69. The van der Waals surface area contributed by atoms with Crippen LogP contribution in [-0.4, -0.2) is 55.4 Å². The van der Waals surface area contributed by atoms with Crippen LogP contribution in [0.5, 0.6) is 11.5 Å². The molecule has 0 radical (unpaired) electrons. The number of hydrogen-bond donors (Lipinski definition) is 2. The first kappa shape index (κ1) is 23.1. The largest absolute Gasteiger partial charge is 0.495 e. The highest BCUT2D eigenvalue weighted by Crippen LogP contribution is 2.45. The Hall–Kier alpha value is -3.07. The van der Waals surface area contributed by atoms with E-state index in [2.05, 4.69) is 27.2 Å². The van der Waals surface area contributed by atoms with Crippen LogP contribution in [0.15, 0.2) is 43.2 Å². The van der Waals surface area contributed by atoms with E-state index >= 15 is 0 Å². The Balaban J connectivity index is 1.63. The third-order valence-corrected chi connectivity index (χ3v) is 6.11. The summed E-state index contributed by atoms with van der Waals surface area (Å²) in [5.41, 5.74) is 1.08. The Morgan fingerprint density at radius 3 is 2.36 bits per heavy atom. The van der Waals surface area contributed by atoms with Crippen LogP contribution in [0, 0.1) is 0 Å². The van der Waals surface area contributed by atoms with Gasteiger partial charge in [0.1, 0.15) is 17.3 Å². The van der Waals surface area contributed by atoms with Crippen LogP contribution >= 0.6 is 23.2 Å². The number of halogens is 2. The predicted molar refractivity (Wildman–Crippen MR) is 128 cm³/mol. The van der Waals surface area contributed by atoms with Gasteiger partial charge in [-0.2, -0.15) is 0 Å². The van der Waals surface area contributed by atoms with Crippen LogP contribution in [0.2, 0.25) is 10.0 Å². The van der Waals surface area contributed by atoms with Crippen molar-refractivity contribution in [2.24, 2.45) is 0 Å². The fraction of sp³-hybridized carbons (Fsp3) is 0.261. The highest BCUT2D eigenvalue weighted by atomic mass is 35.5. The summed E-state index contributed by atoms with van der Waals surface area (Å²) >= 11 is 13.1. The molecule has 3 heterocycles. The van der Waals surface area contributed by atoms with Crippen LogP contribution in [0.1, 0.15) is 0 Å². The number of fused-ring (bicyclic) bond motifs is 1. The maximum absolute atomic E-state index is 11.6. The first-order valence-corrected chi connectivity index (χ1v) is 10.8. The first-order valence-electron chi connectivity index (χ1n) is 10.1. The van der Waals surface area contributed by atoms with E-state index in [0.29, 0.717) is 51.8 Å². The molecule has 1 aliphatic heterocycles. The molecule has 0 bridgehead atoms. The fourth-order valence-electron chi connectivity index (χ4n) is 3.63. The number of benzene rings is 1. The standard InChI is InChI=1S/C23H22Cl2N4O4/c1-4-20(30)29-16-11-33-10-15(16)28-19-6-13-8-26-14(5-12(13)9-27-19)21-22(24)17(31-2)7-18(32-3)23(21)25/h4-9,15-16H,1,10-11H2,2-3H3,(H,27,28)(H,29,30)/t15-,16+/m1/s1. The molecule has 0 unspecified atom stereocenters. The van der Waals surface area contributed by atoms with Gasteiger partial charge in [0, 0.05) is 34.8 Å². The normalized spacial score (nSPS) is 17.6. The lowest BCUT2D eigenvalue weighted by atomic mass is 10.1. The minimum absolute atomic E-state index is 0.118. The van der Waals surface area contributed by atoms with Gasteiger partial charge in [0.15, 0.2) is 0 Å². The maximum Gasteiger partial charge on any atom is 0.243 e. The molecule has 172 valence electrons. The van der Waals surface area contributed by atoms with E-state index in [1.165, 1.54) is 20.3 Å². The van der Waals surface area contributed by atoms with Crippen molar-refractivity contribution in [2.75, 3.05) is 32.8 Å². The van der Waals surface area contributed by atoms with Crippen LogP contribution in [-0.2, 0) is 9.53 Å². The van der Waals surface area contributed by atoms with Crippen molar-refractivity contribution in [3.63, 3.8) is 0 Å². The number of pyridine rings is 2. The maximum atomic E-state index is 11.6. The quantitative estimate of drug-likeness (QED) is 0.483. The third-order valence-electron chi connectivity index (χ3n) is 5.36. The summed E-state index contributed by atoms with van der Waals surface area (Å²) in [6.45, 7) is 4.35. The third kappa shape index (κ3) is 4.68. The van der Waals surface area contributed by atoms with Crippen molar-refractivity contribution in [3.8, 4) is 22.8 Å². The summed E-state index contributed by atoms with van der Waals surface area (Å²) in [6, 6.07) is 5.07. The van der Waals surface area contributed by atoms with E-state index in [1.807, 2.05) is 12.1 Å². The second-order valence-electron chi connectivity index (χ2n) is 7.38. The van der Waals surface area contributed by atoms with E-state index in [1.54, 1.807) is 18.5 Å². The molecule has 8 nitrogen and oxygen atoms in total. The zero-order chi connectivity index (χ0) is 23.5. The summed E-state index contributed by atoms with van der Waals surface area (Å²) in [5, 5.41) is 8.58. The lowest BCUT2D eigenvalue weighted by Crippen LogP contribution is -2.45. The number of amides is 1. The molecular weight excluding hydrogens is 467 g/mol. The number of nitrogens with one attached hydrogen (secondary N) is 2. The summed E-state index contributed by atoms with van der Waals surface area (Å²) < 4.78 is 16.2. The van der Waals surface area contributed by atoms with Gasteiger partial charge in [0.2, 0.25) is 5.91 Å². The molecule has 3 aromatic rings. The lowest BCUT2D eigenvalue weighted by molar-refractivity contribution is -0.117. The number of ether oxygens (including phenoxy) is 3. The van der Waals surface area contributed by atoms with Gasteiger partial charge in [-0.3, -0.25) is 9.78 Å². The zero-order valence-corrected chi connectivity index (χ0v) is 19.5. The van der Waals surface area contributed by atoms with Gasteiger partial charge in [-0.25, -0.2) is 4.98 Å². The fourth-order valence-corrected chi connectivity index (χ4v) is 4.33. The molecule has 1 fully saturated rings. The Morgan fingerprint density at radius 2 is 1.70 bits per heavy atom. The molecule has 2 atom stereocenters. The number of nitrogens with zero attached hydrogens (tertiary/aromatic N) is 2. The molecule has 0 saturated carbocycles. The van der Waals surface area contributed by atoms with Gasteiger partial charge in [0.25, 0.3) is 0 Å². The van der Waals surface area contributed by atoms with E-state index in [4.69, 9.17) is 37.4 Å². The molecule has 4 rings (SSSR count). The van der Waals surface area contributed by atoms with E-state index in [0.717, 1.165) is 10.8 Å². The van der Waals surface area contributed by atoms with Gasteiger partial charge in [0.05, 0.1) is 55.3 Å². The number of carbonyl (C=O) groups is 1. The predicted octanol–water partition coefficient (Wildman–Crippen LogP) is 4.10. The van der Waals surface area contributed by atoms with Gasteiger partial charge in [-0.1, -0.05) is 29.8 Å². The lowest BCUT2D eigenvalue weighted by Gasteiger charge is -2.20. The van der Waals surface area contributed by atoms with Gasteiger partial charge < -0.3 is 24.8 Å². The van der Waals surface area contributed by atoms with Crippen molar-refractivity contribution < 1.29 is 19.0 Å². The molecule has 1 aliphatic rings. The minimum Gasteiger partial charge on any atom is -0.495 e. The summed E-state index contributed by atoms with van der Waals surface area (Å²) in [7, 11) is 3.04.